The first-order chi connectivity index (χ1) is 14.6. The lowest BCUT2D eigenvalue weighted by atomic mass is 9.96. The Morgan fingerprint density at radius 2 is 1.67 bits per heavy atom. The highest BCUT2D eigenvalue weighted by Gasteiger charge is 2.25. The molecule has 0 saturated carbocycles. The van der Waals surface area contributed by atoms with E-state index >= 15 is 0 Å². The summed E-state index contributed by atoms with van der Waals surface area (Å²) in [5, 5.41) is 12.6. The zero-order chi connectivity index (χ0) is 21.1. The molecule has 4 aromatic rings. The van der Waals surface area contributed by atoms with Crippen LogP contribution in [0.25, 0.3) is 22.5 Å². The fraction of sp³-hybridized carbons (Fsp3) is 0.0800. The quantitative estimate of drug-likeness (QED) is 0.439. The lowest BCUT2D eigenvalue weighted by Crippen LogP contribution is -2.13. The van der Waals surface area contributed by atoms with Crippen molar-refractivity contribution in [3.05, 3.63) is 90.2 Å². The third-order valence-corrected chi connectivity index (χ3v) is 4.83. The van der Waals surface area contributed by atoms with Crippen LogP contribution >= 0.6 is 0 Å². The van der Waals surface area contributed by atoms with Crippen molar-refractivity contribution in [3.63, 3.8) is 0 Å². The molecule has 30 heavy (non-hydrogen) atoms. The van der Waals surface area contributed by atoms with Crippen LogP contribution in [0.5, 0.6) is 11.5 Å². The number of aryl methyl sites for hydroxylation is 1. The first-order valence-corrected chi connectivity index (χ1v) is 9.50. The number of phenolic OH excluding ortho intramolecular Hbond substituents is 1. The Hall–Kier alpha value is -3.99. The number of hydrogen-bond acceptors (Lipinski definition) is 4. The summed E-state index contributed by atoms with van der Waals surface area (Å²) in [5.41, 5.74) is 3.37. The molecule has 5 heteroatoms. The van der Waals surface area contributed by atoms with Crippen LogP contribution < -0.4 is 10.1 Å². The number of phenols is 1. The topological polar surface area (TPSA) is 71.7 Å². The minimum Gasteiger partial charge on any atom is -0.508 e. The standard InChI is InChI=1S/C25H21NO4/c1-16-22(25(28)26-19-9-6-10-20(27)15-19)23(17-11-13-21(29-2)14-12-17)24(30-16)18-7-4-3-5-8-18/h3-15,27H,1-2H3,(H,26,28). The molecule has 5 nitrogen and oxygen atoms in total. The van der Waals surface area contributed by atoms with Gasteiger partial charge in [0.1, 0.15) is 23.0 Å². The molecule has 1 aromatic heterocycles. The van der Waals surface area contributed by atoms with Crippen molar-refractivity contribution in [2.45, 2.75) is 6.92 Å². The highest BCUT2D eigenvalue weighted by molar-refractivity contribution is 6.11. The third kappa shape index (κ3) is 3.78. The molecule has 0 atom stereocenters. The highest BCUT2D eigenvalue weighted by Crippen LogP contribution is 2.40. The van der Waals surface area contributed by atoms with Crippen molar-refractivity contribution in [1.29, 1.82) is 0 Å². The van der Waals surface area contributed by atoms with Gasteiger partial charge >= 0.3 is 0 Å². The van der Waals surface area contributed by atoms with Gasteiger partial charge in [-0.2, -0.15) is 0 Å². The molecular formula is C25H21NO4. The summed E-state index contributed by atoms with van der Waals surface area (Å²) in [7, 11) is 1.61. The molecule has 1 amide bonds. The summed E-state index contributed by atoms with van der Waals surface area (Å²) in [6.07, 6.45) is 0. The zero-order valence-corrected chi connectivity index (χ0v) is 16.7. The minimum atomic E-state index is -0.310. The van der Waals surface area contributed by atoms with Gasteiger partial charge in [0.25, 0.3) is 5.91 Å². The van der Waals surface area contributed by atoms with Crippen LogP contribution in [0.15, 0.2) is 83.3 Å². The van der Waals surface area contributed by atoms with Crippen LogP contribution in [0.4, 0.5) is 5.69 Å². The minimum absolute atomic E-state index is 0.0806. The summed E-state index contributed by atoms with van der Waals surface area (Å²) in [6, 6.07) is 23.6. The van der Waals surface area contributed by atoms with E-state index in [4.69, 9.17) is 9.15 Å². The number of rotatable bonds is 5. The van der Waals surface area contributed by atoms with Gasteiger partial charge in [0.2, 0.25) is 0 Å². The van der Waals surface area contributed by atoms with E-state index in [2.05, 4.69) is 5.32 Å². The number of benzene rings is 3. The Bertz CT molecular complexity index is 1180. The molecule has 1 heterocycles. The average Bonchev–Trinajstić information content (AvgIpc) is 3.11. The predicted molar refractivity (Wildman–Crippen MR) is 117 cm³/mol. The normalized spacial score (nSPS) is 10.6. The van der Waals surface area contributed by atoms with E-state index in [1.807, 2.05) is 54.6 Å². The monoisotopic (exact) mass is 399 g/mol. The van der Waals surface area contributed by atoms with Crippen molar-refractivity contribution in [2.24, 2.45) is 0 Å². The number of amides is 1. The van der Waals surface area contributed by atoms with Crippen LogP contribution in [0.1, 0.15) is 16.1 Å². The van der Waals surface area contributed by atoms with Crippen molar-refractivity contribution >= 4 is 11.6 Å². The summed E-state index contributed by atoms with van der Waals surface area (Å²) in [6.45, 7) is 1.77. The van der Waals surface area contributed by atoms with Crippen LogP contribution in [-0.2, 0) is 0 Å². The van der Waals surface area contributed by atoms with Crippen molar-refractivity contribution in [3.8, 4) is 33.9 Å². The van der Waals surface area contributed by atoms with Crippen molar-refractivity contribution in [1.82, 2.24) is 0 Å². The zero-order valence-electron chi connectivity index (χ0n) is 16.7. The number of aromatic hydroxyl groups is 1. The second-order valence-corrected chi connectivity index (χ2v) is 6.84. The largest absolute Gasteiger partial charge is 0.508 e. The molecule has 0 saturated heterocycles. The molecule has 0 bridgehead atoms. The smallest absolute Gasteiger partial charge is 0.259 e. The van der Waals surface area contributed by atoms with Crippen LogP contribution in [0.3, 0.4) is 0 Å². The molecule has 2 N–H and O–H groups in total. The van der Waals surface area contributed by atoms with Gasteiger partial charge in [0.05, 0.1) is 12.7 Å². The van der Waals surface area contributed by atoms with E-state index in [9.17, 15) is 9.90 Å². The molecule has 0 fully saturated rings. The number of anilines is 1. The van der Waals surface area contributed by atoms with Gasteiger partial charge in [-0.3, -0.25) is 4.79 Å². The molecular weight excluding hydrogens is 378 g/mol. The van der Waals surface area contributed by atoms with Gasteiger partial charge in [-0.25, -0.2) is 0 Å². The van der Waals surface area contributed by atoms with E-state index in [0.29, 0.717) is 28.3 Å². The number of furan rings is 1. The van der Waals surface area contributed by atoms with E-state index in [1.54, 1.807) is 32.2 Å². The average molecular weight is 399 g/mol. The number of carbonyl (C=O) groups is 1. The second kappa shape index (κ2) is 8.17. The number of nitrogens with one attached hydrogen (secondary N) is 1. The molecule has 0 radical (unpaired) electrons. The van der Waals surface area contributed by atoms with Gasteiger partial charge in [0.15, 0.2) is 0 Å². The summed E-state index contributed by atoms with van der Waals surface area (Å²) in [5.74, 6) is 1.63. The van der Waals surface area contributed by atoms with Gasteiger partial charge in [-0.1, -0.05) is 48.5 Å². The SMILES string of the molecule is COc1ccc(-c2c(-c3ccccc3)oc(C)c2C(=O)Nc2cccc(O)c2)cc1. The third-order valence-electron chi connectivity index (χ3n) is 4.83. The maximum absolute atomic E-state index is 13.2. The molecule has 4 rings (SSSR count). The Kier molecular flexibility index (Phi) is 5.26. The maximum atomic E-state index is 13.2. The van der Waals surface area contributed by atoms with Gasteiger partial charge < -0.3 is 19.6 Å². The Labute approximate surface area is 174 Å². The van der Waals surface area contributed by atoms with Gasteiger partial charge in [-0.05, 0) is 36.8 Å². The lowest BCUT2D eigenvalue weighted by Gasteiger charge is -2.09. The van der Waals surface area contributed by atoms with Crippen LogP contribution in [-0.4, -0.2) is 18.1 Å². The van der Waals surface area contributed by atoms with Crippen molar-refractivity contribution < 1.29 is 19.1 Å². The number of hydrogen-bond donors (Lipinski definition) is 2. The van der Waals surface area contributed by atoms with Crippen LogP contribution in [0.2, 0.25) is 0 Å². The first-order valence-electron chi connectivity index (χ1n) is 9.50. The van der Waals surface area contributed by atoms with Gasteiger partial charge in [0, 0.05) is 22.9 Å². The summed E-state index contributed by atoms with van der Waals surface area (Å²) < 4.78 is 11.4. The van der Waals surface area contributed by atoms with E-state index in [-0.39, 0.29) is 11.7 Å². The Balaban J connectivity index is 1.84. The fourth-order valence-corrected chi connectivity index (χ4v) is 3.42. The van der Waals surface area contributed by atoms with Gasteiger partial charge in [-0.15, -0.1) is 0 Å². The summed E-state index contributed by atoms with van der Waals surface area (Å²) in [4.78, 5) is 13.2. The van der Waals surface area contributed by atoms with E-state index in [0.717, 1.165) is 16.9 Å². The second-order valence-electron chi connectivity index (χ2n) is 6.84. The first kappa shape index (κ1) is 19.3. The maximum Gasteiger partial charge on any atom is 0.259 e. The predicted octanol–water partition coefficient (Wildman–Crippen LogP) is 5.89. The highest BCUT2D eigenvalue weighted by atomic mass is 16.5. The number of ether oxygens (including phenoxy) is 1. The molecule has 0 aliphatic rings. The Morgan fingerprint density at radius 3 is 2.33 bits per heavy atom. The molecule has 0 spiro atoms. The lowest BCUT2D eigenvalue weighted by molar-refractivity contribution is 0.102. The van der Waals surface area contributed by atoms with E-state index < -0.39 is 0 Å². The molecule has 0 unspecified atom stereocenters. The number of methoxy groups -OCH3 is 1. The van der Waals surface area contributed by atoms with Crippen molar-refractivity contribution in [2.75, 3.05) is 12.4 Å². The van der Waals surface area contributed by atoms with Crippen LogP contribution in [0, 0.1) is 6.92 Å². The Morgan fingerprint density at radius 1 is 0.933 bits per heavy atom. The molecule has 0 aliphatic heterocycles. The molecule has 0 aliphatic carbocycles. The number of carbonyl (C=O) groups excluding carboxylic acids is 1. The molecule has 3 aromatic carbocycles. The molecule has 150 valence electrons. The summed E-state index contributed by atoms with van der Waals surface area (Å²) >= 11 is 0. The van der Waals surface area contributed by atoms with E-state index in [1.165, 1.54) is 6.07 Å². The fourth-order valence-electron chi connectivity index (χ4n) is 3.42.